The van der Waals surface area contributed by atoms with E-state index in [1.807, 2.05) is 11.3 Å². The van der Waals surface area contributed by atoms with Crippen molar-refractivity contribution in [1.82, 2.24) is 0 Å². The Hall–Kier alpha value is -5.50. The first-order valence-electron chi connectivity index (χ1n) is 15.6. The van der Waals surface area contributed by atoms with Gasteiger partial charge in [0.15, 0.2) is 0 Å². The van der Waals surface area contributed by atoms with Gasteiger partial charge in [-0.3, -0.25) is 0 Å². The van der Waals surface area contributed by atoms with Crippen LogP contribution in [-0.2, 0) is 0 Å². The highest BCUT2D eigenvalue weighted by Gasteiger charge is 2.25. The summed E-state index contributed by atoms with van der Waals surface area (Å²) in [4.78, 5) is 0. The van der Waals surface area contributed by atoms with Crippen LogP contribution in [0, 0.1) is 0 Å². The highest BCUT2D eigenvalue weighted by atomic mass is 32.1. The van der Waals surface area contributed by atoms with E-state index in [9.17, 15) is 0 Å². The van der Waals surface area contributed by atoms with Crippen LogP contribution in [0.4, 0.5) is 0 Å². The quantitative estimate of drug-likeness (QED) is 0.190. The maximum Gasteiger partial charge on any atom is 0.0355 e. The molecule has 0 saturated heterocycles. The highest BCUT2D eigenvalue weighted by molar-refractivity contribution is 7.25. The summed E-state index contributed by atoms with van der Waals surface area (Å²) in [7, 11) is 0. The van der Waals surface area contributed by atoms with Crippen molar-refractivity contribution in [3.05, 3.63) is 146 Å². The van der Waals surface area contributed by atoms with Gasteiger partial charge in [-0.15, -0.1) is 11.3 Å². The Balaban J connectivity index is 1.35. The molecule has 0 N–H and O–H groups in total. The van der Waals surface area contributed by atoms with Crippen molar-refractivity contribution < 1.29 is 0 Å². The van der Waals surface area contributed by atoms with Gasteiger partial charge in [-0.2, -0.15) is 0 Å². The Kier molecular flexibility index (Phi) is 4.55. The van der Waals surface area contributed by atoms with Crippen LogP contribution in [0.2, 0.25) is 0 Å². The number of fused-ring (bicyclic) bond motifs is 10. The third kappa shape index (κ3) is 3.01. The van der Waals surface area contributed by atoms with E-state index in [0.29, 0.717) is 0 Å². The Morgan fingerprint density at radius 1 is 0.289 bits per heavy atom. The van der Waals surface area contributed by atoms with Crippen molar-refractivity contribution in [2.24, 2.45) is 0 Å². The molecule has 0 aliphatic rings. The molecule has 0 saturated carbocycles. The monoisotopic (exact) mass is 584 g/mol. The third-order valence-corrected chi connectivity index (χ3v) is 11.3. The predicted octanol–water partition coefficient (Wildman–Crippen LogP) is 13.2. The van der Waals surface area contributed by atoms with Crippen LogP contribution in [0.15, 0.2) is 146 Å². The lowest BCUT2D eigenvalue weighted by Crippen LogP contribution is -1.84. The van der Waals surface area contributed by atoms with Crippen molar-refractivity contribution in [2.75, 3.05) is 0 Å². The van der Waals surface area contributed by atoms with Crippen LogP contribution in [0.25, 0.3) is 107 Å². The predicted molar refractivity (Wildman–Crippen MR) is 198 cm³/mol. The first kappa shape index (κ1) is 23.9. The Morgan fingerprint density at radius 2 is 0.911 bits per heavy atom. The molecule has 10 aromatic carbocycles. The zero-order chi connectivity index (χ0) is 29.2. The molecule has 0 fully saturated rings. The second-order valence-electron chi connectivity index (χ2n) is 12.3. The second kappa shape index (κ2) is 8.57. The molecule has 11 rings (SSSR count). The molecule has 11 aromatic rings. The van der Waals surface area contributed by atoms with Gasteiger partial charge < -0.3 is 0 Å². The normalized spacial score (nSPS) is 12.4. The van der Waals surface area contributed by atoms with Gasteiger partial charge in [0.2, 0.25) is 0 Å². The van der Waals surface area contributed by atoms with E-state index in [0.717, 1.165) is 0 Å². The van der Waals surface area contributed by atoms with Crippen LogP contribution < -0.4 is 0 Å². The molecule has 1 heteroatoms. The number of rotatable bonds is 2. The Labute approximate surface area is 263 Å². The van der Waals surface area contributed by atoms with E-state index in [4.69, 9.17) is 0 Å². The molecular formula is C44H24S. The van der Waals surface area contributed by atoms with E-state index < -0.39 is 0 Å². The lowest BCUT2D eigenvalue weighted by Gasteiger charge is -2.12. The van der Waals surface area contributed by atoms with Crippen LogP contribution in [0.5, 0.6) is 0 Å². The van der Waals surface area contributed by atoms with Gasteiger partial charge in [0.05, 0.1) is 0 Å². The minimum atomic E-state index is 1.27. The number of hydrogen-bond acceptors (Lipinski definition) is 1. The summed E-state index contributed by atoms with van der Waals surface area (Å²) in [5.41, 5.74) is 5.18. The molecule has 0 bridgehead atoms. The van der Waals surface area contributed by atoms with Gasteiger partial charge in [-0.25, -0.2) is 0 Å². The van der Waals surface area contributed by atoms with Crippen molar-refractivity contribution >= 4 is 96.1 Å². The summed E-state index contributed by atoms with van der Waals surface area (Å²) in [5, 5.41) is 19.0. The van der Waals surface area contributed by atoms with Gasteiger partial charge in [0.25, 0.3) is 0 Å². The molecule has 0 spiro atoms. The van der Waals surface area contributed by atoms with Crippen molar-refractivity contribution in [1.29, 1.82) is 0 Å². The summed E-state index contributed by atoms with van der Waals surface area (Å²) < 4.78 is 2.69. The average molecular weight is 585 g/mol. The maximum absolute atomic E-state index is 2.41. The fraction of sp³-hybridized carbons (Fsp3) is 0. The van der Waals surface area contributed by atoms with Gasteiger partial charge in [0.1, 0.15) is 0 Å². The number of benzene rings is 8. The van der Waals surface area contributed by atoms with E-state index in [1.54, 1.807) is 0 Å². The van der Waals surface area contributed by atoms with Crippen LogP contribution in [-0.4, -0.2) is 0 Å². The molecule has 0 aliphatic heterocycles. The molecule has 0 atom stereocenters. The van der Waals surface area contributed by atoms with E-state index in [-0.39, 0.29) is 0 Å². The summed E-state index contributed by atoms with van der Waals surface area (Å²) in [6.07, 6.45) is 0. The molecule has 0 radical (unpaired) electrons. The molecule has 0 amide bonds. The van der Waals surface area contributed by atoms with Gasteiger partial charge in [0, 0.05) is 20.2 Å². The second-order valence-corrected chi connectivity index (χ2v) is 13.4. The summed E-state index contributed by atoms with van der Waals surface area (Å²) in [6.45, 7) is 0. The molecule has 45 heavy (non-hydrogen) atoms. The molecule has 1 heterocycles. The SMILES string of the molecule is c1ccc(-c2c3cccc4c5ccccc5c(c34)c3c4ccc(-c5ccc6sc7ccccc7c6c5)c5cccc(c23)c54)cc1. The Bertz CT molecular complexity index is 2960. The summed E-state index contributed by atoms with van der Waals surface area (Å²) >= 11 is 1.88. The number of hydrogen-bond donors (Lipinski definition) is 0. The average Bonchev–Trinajstić information content (AvgIpc) is 3.75. The Morgan fingerprint density at radius 3 is 1.80 bits per heavy atom. The topological polar surface area (TPSA) is 0 Å². The van der Waals surface area contributed by atoms with Crippen molar-refractivity contribution in [2.45, 2.75) is 0 Å². The maximum atomic E-state index is 2.41. The highest BCUT2D eigenvalue weighted by Crippen LogP contribution is 2.53. The van der Waals surface area contributed by atoms with Gasteiger partial charge in [-0.05, 0) is 105 Å². The largest absolute Gasteiger partial charge is 0.135 e. The molecule has 1 aromatic heterocycles. The fourth-order valence-electron chi connectivity index (χ4n) is 8.38. The third-order valence-electron chi connectivity index (χ3n) is 10.1. The van der Waals surface area contributed by atoms with Crippen molar-refractivity contribution in [3.63, 3.8) is 0 Å². The minimum absolute atomic E-state index is 1.27. The summed E-state index contributed by atoms with van der Waals surface area (Å²) in [5.74, 6) is 0. The molecule has 0 nitrogen and oxygen atoms in total. The zero-order valence-electron chi connectivity index (χ0n) is 24.3. The van der Waals surface area contributed by atoms with Crippen LogP contribution >= 0.6 is 11.3 Å². The number of thiophene rings is 1. The lowest BCUT2D eigenvalue weighted by molar-refractivity contribution is 1.69. The first-order valence-corrected chi connectivity index (χ1v) is 16.4. The minimum Gasteiger partial charge on any atom is -0.135 e. The molecule has 0 aliphatic carbocycles. The van der Waals surface area contributed by atoms with Crippen molar-refractivity contribution in [3.8, 4) is 22.3 Å². The lowest BCUT2D eigenvalue weighted by atomic mass is 9.90. The molecule has 206 valence electrons. The first-order chi connectivity index (χ1) is 22.3. The van der Waals surface area contributed by atoms with Crippen LogP contribution in [0.3, 0.4) is 0 Å². The van der Waals surface area contributed by atoms with Gasteiger partial charge in [-0.1, -0.05) is 127 Å². The molecular weight excluding hydrogens is 561 g/mol. The van der Waals surface area contributed by atoms with E-state index in [2.05, 4.69) is 146 Å². The molecule has 0 unspecified atom stereocenters. The van der Waals surface area contributed by atoms with E-state index in [1.165, 1.54) is 107 Å². The zero-order valence-corrected chi connectivity index (χ0v) is 25.1. The van der Waals surface area contributed by atoms with Gasteiger partial charge >= 0.3 is 0 Å². The fourth-order valence-corrected chi connectivity index (χ4v) is 9.47. The van der Waals surface area contributed by atoms with Crippen LogP contribution in [0.1, 0.15) is 0 Å². The summed E-state index contributed by atoms with van der Waals surface area (Å²) in [6, 6.07) is 54.5. The standard InChI is InChI=1S/C44H24S/c1-2-10-25(11-3-1)39-33-17-9-16-31-28-12-4-5-14-32(28)42(41(31)33)44-35-22-21-27(30-15-8-18-34(40(30)35)43(39)44)26-20-23-38-36(24-26)29-13-6-7-19-37(29)45-38/h1-24H. The smallest absolute Gasteiger partial charge is 0.0355 e. The van der Waals surface area contributed by atoms with E-state index >= 15 is 0 Å².